The minimum Gasteiger partial charge on any atom is -0.595 e. The number of carbonyl (C=O) groups excluding carboxylic acids is 2. The molecular formula is C26H28N4O5S. The summed E-state index contributed by atoms with van der Waals surface area (Å²) >= 11 is 1.64. The fourth-order valence-corrected chi connectivity index (χ4v) is 5.58. The molecule has 0 radical (unpaired) electrons. The summed E-state index contributed by atoms with van der Waals surface area (Å²) in [5, 5.41) is 25.7. The predicted molar refractivity (Wildman–Crippen MR) is 137 cm³/mol. The zero-order chi connectivity index (χ0) is 25.1. The maximum absolute atomic E-state index is 12.6. The number of quaternary nitrogens is 1. The lowest BCUT2D eigenvalue weighted by Gasteiger charge is -2.41. The van der Waals surface area contributed by atoms with Crippen LogP contribution < -0.4 is 20.3 Å². The van der Waals surface area contributed by atoms with Gasteiger partial charge in [-0.3, -0.25) is 9.69 Å². The van der Waals surface area contributed by atoms with Gasteiger partial charge in [0.05, 0.1) is 5.69 Å². The molecule has 1 atom stereocenters. The number of carbonyl (C=O) groups is 2. The number of cyclic esters (lactones) is 1. The first-order valence-corrected chi connectivity index (χ1v) is 12.9. The number of para-hydroxylation sites is 1. The lowest BCUT2D eigenvalue weighted by molar-refractivity contribution is -0.990. The van der Waals surface area contributed by atoms with Crippen molar-refractivity contribution in [2.24, 2.45) is 0 Å². The summed E-state index contributed by atoms with van der Waals surface area (Å²) in [6.07, 6.45) is 1.74. The Balaban J connectivity index is 1.25. The van der Waals surface area contributed by atoms with E-state index in [-0.39, 0.29) is 30.3 Å². The monoisotopic (exact) mass is 508 g/mol. The van der Waals surface area contributed by atoms with Crippen LogP contribution in [0.5, 0.6) is 0 Å². The molecule has 2 amide bonds. The maximum atomic E-state index is 12.6. The molecule has 10 heteroatoms. The Hall–Kier alpha value is -3.44. The van der Waals surface area contributed by atoms with Crippen molar-refractivity contribution in [1.29, 1.82) is 0 Å². The number of anilines is 2. The molecule has 1 fully saturated rings. The Morgan fingerprint density at radius 2 is 1.94 bits per heavy atom. The quantitative estimate of drug-likeness (QED) is 0.423. The summed E-state index contributed by atoms with van der Waals surface area (Å²) in [4.78, 5) is 30.1. The average Bonchev–Trinajstić information content (AvgIpc) is 3.42. The molecule has 0 aliphatic carbocycles. The summed E-state index contributed by atoms with van der Waals surface area (Å²) in [6.45, 7) is 1.94. The highest BCUT2D eigenvalue weighted by Gasteiger charge is 2.35. The van der Waals surface area contributed by atoms with Crippen LogP contribution in [-0.4, -0.2) is 42.9 Å². The van der Waals surface area contributed by atoms with Gasteiger partial charge in [-0.25, -0.2) is 10.0 Å². The molecule has 0 bridgehead atoms. The molecule has 188 valence electrons. The van der Waals surface area contributed by atoms with E-state index in [4.69, 9.17) is 4.74 Å². The van der Waals surface area contributed by atoms with Crippen LogP contribution in [0.2, 0.25) is 0 Å². The average molecular weight is 509 g/mol. The van der Waals surface area contributed by atoms with Gasteiger partial charge < -0.3 is 20.2 Å². The van der Waals surface area contributed by atoms with Crippen LogP contribution in [0, 0.1) is 5.21 Å². The van der Waals surface area contributed by atoms with Crippen molar-refractivity contribution in [2.75, 3.05) is 29.4 Å². The summed E-state index contributed by atoms with van der Waals surface area (Å²) < 4.78 is 5.38. The van der Waals surface area contributed by atoms with Gasteiger partial charge >= 0.3 is 6.09 Å². The molecule has 0 saturated carbocycles. The number of thiophene rings is 1. The number of nitrogens with zero attached hydrogens (tertiary/aromatic N) is 2. The molecular weight excluding hydrogens is 480 g/mol. The number of piperidine rings is 1. The standard InChI is InChI=1S/C26H28N4O5S/c31-25(27-12-9-21-5-3-15-36-21)18-7-8-23(24(16-18)30(33)34)28-13-10-20(11-14-28)29-22-6-2-1-4-19(22)17-35-26(29)32/h1-8,15-16,20,30,33H,9-14,17H2,(H,27,31). The number of ether oxygens (including phenoxy) is 1. The highest BCUT2D eigenvalue weighted by Crippen LogP contribution is 2.34. The van der Waals surface area contributed by atoms with Crippen molar-refractivity contribution in [1.82, 2.24) is 5.32 Å². The number of hydrogen-bond donors (Lipinski definition) is 3. The van der Waals surface area contributed by atoms with Crippen LogP contribution in [0.15, 0.2) is 60.0 Å². The minimum absolute atomic E-state index is 0.0307. The highest BCUT2D eigenvalue weighted by atomic mass is 32.1. The summed E-state index contributed by atoms with van der Waals surface area (Å²) in [5.74, 6) is -0.290. The number of fused-ring (bicyclic) bond motifs is 1. The van der Waals surface area contributed by atoms with Crippen molar-refractivity contribution in [2.45, 2.75) is 31.9 Å². The fourth-order valence-electron chi connectivity index (χ4n) is 4.87. The largest absolute Gasteiger partial charge is 0.595 e. The van der Waals surface area contributed by atoms with E-state index in [0.29, 0.717) is 43.7 Å². The van der Waals surface area contributed by atoms with Gasteiger partial charge in [-0.2, -0.15) is 5.23 Å². The van der Waals surface area contributed by atoms with E-state index < -0.39 is 5.23 Å². The van der Waals surface area contributed by atoms with Crippen LogP contribution >= 0.6 is 11.3 Å². The molecule has 0 spiro atoms. The molecule has 1 aromatic heterocycles. The van der Waals surface area contributed by atoms with E-state index >= 15 is 0 Å². The van der Waals surface area contributed by atoms with E-state index in [0.717, 1.165) is 17.7 Å². The van der Waals surface area contributed by atoms with Crippen molar-refractivity contribution in [3.63, 3.8) is 0 Å². The van der Waals surface area contributed by atoms with Crippen molar-refractivity contribution < 1.29 is 24.8 Å². The van der Waals surface area contributed by atoms with Gasteiger partial charge in [0.1, 0.15) is 12.3 Å². The molecule has 5 rings (SSSR count). The lowest BCUT2D eigenvalue weighted by Crippen LogP contribution is -2.99. The van der Waals surface area contributed by atoms with Crippen LogP contribution in [0.1, 0.15) is 33.6 Å². The molecule has 3 N–H and O–H groups in total. The molecule has 2 aliphatic rings. The van der Waals surface area contributed by atoms with Crippen LogP contribution in [0.3, 0.4) is 0 Å². The third-order valence-electron chi connectivity index (χ3n) is 6.70. The Morgan fingerprint density at radius 3 is 2.69 bits per heavy atom. The second-order valence-corrected chi connectivity index (χ2v) is 9.93. The molecule has 2 aliphatic heterocycles. The van der Waals surface area contributed by atoms with E-state index in [1.54, 1.807) is 28.4 Å². The molecule has 36 heavy (non-hydrogen) atoms. The molecule has 9 nitrogen and oxygen atoms in total. The molecule has 3 heterocycles. The topological polar surface area (TPSA) is 110 Å². The zero-order valence-corrected chi connectivity index (χ0v) is 20.5. The van der Waals surface area contributed by atoms with Gasteiger partial charge in [0, 0.05) is 47.7 Å². The second kappa shape index (κ2) is 10.7. The summed E-state index contributed by atoms with van der Waals surface area (Å²) in [6, 6.07) is 16.5. The van der Waals surface area contributed by atoms with Gasteiger partial charge in [0.2, 0.25) is 0 Å². The Bertz CT molecular complexity index is 1220. The third kappa shape index (κ3) is 5.07. The molecule has 1 unspecified atom stereocenters. The number of benzene rings is 2. The molecule has 2 aromatic carbocycles. The normalized spacial score (nSPS) is 16.9. The van der Waals surface area contributed by atoms with Crippen molar-refractivity contribution in [3.8, 4) is 0 Å². The van der Waals surface area contributed by atoms with E-state index in [1.165, 1.54) is 10.9 Å². The maximum Gasteiger partial charge on any atom is 0.414 e. The Labute approximate surface area is 213 Å². The Morgan fingerprint density at radius 1 is 1.14 bits per heavy atom. The number of hydrogen-bond acceptors (Lipinski definition) is 7. The minimum atomic E-state index is -1.08. The van der Waals surface area contributed by atoms with Gasteiger partial charge in [-0.15, -0.1) is 11.3 Å². The fraction of sp³-hybridized carbons (Fsp3) is 0.308. The summed E-state index contributed by atoms with van der Waals surface area (Å²) in [5.41, 5.74) is 2.87. The lowest BCUT2D eigenvalue weighted by atomic mass is 9.99. The first kappa shape index (κ1) is 24.3. The number of rotatable bonds is 7. The predicted octanol–water partition coefficient (Wildman–Crippen LogP) is 3.25. The van der Waals surface area contributed by atoms with E-state index in [9.17, 15) is 20.0 Å². The highest BCUT2D eigenvalue weighted by molar-refractivity contribution is 7.09. The van der Waals surface area contributed by atoms with Crippen molar-refractivity contribution in [3.05, 3.63) is 81.2 Å². The van der Waals surface area contributed by atoms with Crippen LogP contribution in [0.25, 0.3) is 0 Å². The Kier molecular flexibility index (Phi) is 7.19. The second-order valence-electron chi connectivity index (χ2n) is 8.89. The first-order chi connectivity index (χ1) is 17.5. The van der Waals surface area contributed by atoms with E-state index in [1.807, 2.05) is 46.7 Å². The number of amides is 2. The number of nitrogens with one attached hydrogen (secondary N) is 2. The molecule has 3 aromatic rings. The zero-order valence-electron chi connectivity index (χ0n) is 19.7. The SMILES string of the molecule is O=C(NCCc1cccs1)c1ccc(N2CCC(N3C(=O)OCc4ccccc43)CC2)c([NH+]([O-])O)c1. The smallest absolute Gasteiger partial charge is 0.414 e. The van der Waals surface area contributed by atoms with Crippen LogP contribution in [0.4, 0.5) is 21.9 Å². The van der Waals surface area contributed by atoms with E-state index in [2.05, 4.69) is 5.32 Å². The van der Waals surface area contributed by atoms with Gasteiger partial charge in [-0.05, 0) is 48.9 Å². The summed E-state index contributed by atoms with van der Waals surface area (Å²) in [7, 11) is 0. The van der Waals surface area contributed by atoms with Gasteiger partial charge in [0.25, 0.3) is 5.91 Å². The molecule has 1 saturated heterocycles. The van der Waals surface area contributed by atoms with Gasteiger partial charge in [-0.1, -0.05) is 24.3 Å². The van der Waals surface area contributed by atoms with Gasteiger partial charge in [0.15, 0.2) is 5.69 Å². The van der Waals surface area contributed by atoms with Crippen molar-refractivity contribution >= 4 is 40.4 Å². The third-order valence-corrected chi connectivity index (χ3v) is 7.63. The van der Waals surface area contributed by atoms with Crippen LogP contribution in [-0.2, 0) is 17.8 Å². The first-order valence-electron chi connectivity index (χ1n) is 12.0.